The van der Waals surface area contributed by atoms with Gasteiger partial charge in [-0.05, 0) is 26.3 Å². The zero-order valence-corrected chi connectivity index (χ0v) is 16.4. The Morgan fingerprint density at radius 2 is 2.04 bits per heavy atom. The van der Waals surface area contributed by atoms with Crippen LogP contribution >= 0.6 is 0 Å². The summed E-state index contributed by atoms with van der Waals surface area (Å²) in [6, 6.07) is 2.01. The van der Waals surface area contributed by atoms with Gasteiger partial charge < -0.3 is 9.15 Å². The molecular formula is C21H27N3O3. The summed E-state index contributed by atoms with van der Waals surface area (Å²) in [5.41, 5.74) is 3.06. The fraction of sp³-hybridized carbons (Fsp3) is 0.571. The second-order valence-corrected chi connectivity index (χ2v) is 8.11. The Labute approximate surface area is 158 Å². The largest absolute Gasteiger partial charge is 0.430 e. The number of unbranched alkanes of at least 4 members (excludes halogenated alkanes) is 4. The van der Waals surface area contributed by atoms with E-state index in [9.17, 15) is 4.79 Å². The molecule has 0 saturated heterocycles. The van der Waals surface area contributed by atoms with Gasteiger partial charge >= 0.3 is 0 Å². The van der Waals surface area contributed by atoms with Crippen LogP contribution in [-0.2, 0) is 24.3 Å². The highest BCUT2D eigenvalue weighted by Gasteiger charge is 2.28. The van der Waals surface area contributed by atoms with Crippen LogP contribution < -0.4 is 5.56 Å². The number of hydrogen-bond donors (Lipinski definition) is 0. The topological polar surface area (TPSA) is 70.2 Å². The minimum absolute atomic E-state index is 0.122. The summed E-state index contributed by atoms with van der Waals surface area (Å²) in [6.45, 7) is 7.51. The number of hydrogen-bond acceptors (Lipinski definition) is 5. The van der Waals surface area contributed by atoms with Crippen molar-refractivity contribution in [1.82, 2.24) is 14.5 Å². The van der Waals surface area contributed by atoms with E-state index in [1.807, 2.05) is 6.07 Å². The van der Waals surface area contributed by atoms with Crippen LogP contribution in [0.25, 0.3) is 22.2 Å². The molecule has 1 aliphatic rings. The van der Waals surface area contributed by atoms with Crippen molar-refractivity contribution in [3.8, 4) is 0 Å². The van der Waals surface area contributed by atoms with Gasteiger partial charge in [0.25, 0.3) is 5.56 Å². The van der Waals surface area contributed by atoms with Crippen LogP contribution in [0.5, 0.6) is 0 Å². The van der Waals surface area contributed by atoms with E-state index >= 15 is 0 Å². The van der Waals surface area contributed by atoms with Crippen LogP contribution in [0.2, 0.25) is 0 Å². The molecule has 0 saturated carbocycles. The molecule has 0 unspecified atom stereocenters. The number of ether oxygens (including phenoxy) is 1. The van der Waals surface area contributed by atoms with Crippen molar-refractivity contribution in [2.24, 2.45) is 0 Å². The Hall–Kier alpha value is -2.21. The summed E-state index contributed by atoms with van der Waals surface area (Å²) in [4.78, 5) is 22.0. The van der Waals surface area contributed by atoms with E-state index in [2.05, 4.69) is 30.7 Å². The van der Waals surface area contributed by atoms with Gasteiger partial charge in [0.2, 0.25) is 11.3 Å². The van der Waals surface area contributed by atoms with Gasteiger partial charge in [-0.15, -0.1) is 0 Å². The molecule has 6 heteroatoms. The fourth-order valence-electron chi connectivity index (χ4n) is 3.72. The first-order valence-electron chi connectivity index (χ1n) is 9.93. The molecule has 0 amide bonds. The molecule has 4 rings (SSSR count). The third-order valence-electron chi connectivity index (χ3n) is 5.32. The van der Waals surface area contributed by atoms with Crippen molar-refractivity contribution >= 4 is 22.2 Å². The minimum Gasteiger partial charge on any atom is -0.430 e. The molecule has 3 aromatic heterocycles. The van der Waals surface area contributed by atoms with Gasteiger partial charge in [-0.3, -0.25) is 9.36 Å². The number of rotatable bonds is 6. The summed E-state index contributed by atoms with van der Waals surface area (Å²) in [7, 11) is 0. The van der Waals surface area contributed by atoms with E-state index in [0.29, 0.717) is 30.0 Å². The van der Waals surface area contributed by atoms with Crippen LogP contribution in [0.3, 0.4) is 0 Å². The maximum atomic E-state index is 12.8. The van der Waals surface area contributed by atoms with Crippen molar-refractivity contribution in [3.63, 3.8) is 0 Å². The van der Waals surface area contributed by atoms with Gasteiger partial charge in [-0.25, -0.2) is 9.97 Å². The number of furan rings is 1. The second kappa shape index (κ2) is 7.08. The molecule has 6 nitrogen and oxygen atoms in total. The van der Waals surface area contributed by atoms with Crippen molar-refractivity contribution in [2.45, 2.75) is 78.0 Å². The number of pyridine rings is 1. The molecular weight excluding hydrogens is 342 g/mol. The Bertz CT molecular complexity index is 1030. The number of aryl methyl sites for hydroxylation is 1. The molecule has 0 aromatic carbocycles. The molecule has 4 heterocycles. The van der Waals surface area contributed by atoms with Crippen molar-refractivity contribution in [1.29, 1.82) is 0 Å². The SMILES string of the molecule is CCCCCCCn1cnc2c(oc3nc4c(cc32)COC(C)(C)C4)c1=O. The molecule has 0 N–H and O–H groups in total. The monoisotopic (exact) mass is 369 g/mol. The Balaban J connectivity index is 1.67. The van der Waals surface area contributed by atoms with Gasteiger partial charge in [0.15, 0.2) is 0 Å². The number of aromatic nitrogens is 3. The lowest BCUT2D eigenvalue weighted by Crippen LogP contribution is -2.32. The molecule has 1 aliphatic heterocycles. The maximum absolute atomic E-state index is 12.8. The van der Waals surface area contributed by atoms with Crippen LogP contribution in [0, 0.1) is 0 Å². The standard InChI is InChI=1S/C21H27N3O3/c1-4-5-6-7-8-9-24-13-22-17-15-10-14-12-26-21(2,3)11-16(14)23-19(15)27-18(17)20(24)25/h10,13H,4-9,11-12H2,1-3H3. The van der Waals surface area contributed by atoms with Gasteiger partial charge in [0.05, 0.1) is 29.6 Å². The molecule has 3 aromatic rings. The van der Waals surface area contributed by atoms with Crippen LogP contribution in [-0.4, -0.2) is 20.1 Å². The van der Waals surface area contributed by atoms with Crippen LogP contribution in [0.1, 0.15) is 64.1 Å². The number of fused-ring (bicyclic) bond motifs is 4. The van der Waals surface area contributed by atoms with E-state index in [-0.39, 0.29) is 11.2 Å². The summed E-state index contributed by atoms with van der Waals surface area (Å²) < 4.78 is 13.4. The highest BCUT2D eigenvalue weighted by Crippen LogP contribution is 2.31. The average Bonchev–Trinajstić information content (AvgIpc) is 2.99. The van der Waals surface area contributed by atoms with E-state index in [0.717, 1.165) is 35.9 Å². The number of nitrogens with zero attached hydrogens (tertiary/aromatic N) is 3. The average molecular weight is 369 g/mol. The first-order chi connectivity index (χ1) is 13.0. The zero-order valence-electron chi connectivity index (χ0n) is 16.4. The lowest BCUT2D eigenvalue weighted by Gasteiger charge is -2.30. The second-order valence-electron chi connectivity index (χ2n) is 8.11. The lowest BCUT2D eigenvalue weighted by atomic mass is 9.95. The van der Waals surface area contributed by atoms with E-state index in [1.165, 1.54) is 19.3 Å². The summed E-state index contributed by atoms with van der Waals surface area (Å²) in [5, 5.41) is 0.791. The van der Waals surface area contributed by atoms with Gasteiger partial charge in [0.1, 0.15) is 5.52 Å². The Morgan fingerprint density at radius 3 is 2.85 bits per heavy atom. The molecule has 0 bridgehead atoms. The third-order valence-corrected chi connectivity index (χ3v) is 5.32. The van der Waals surface area contributed by atoms with Crippen LogP contribution in [0.4, 0.5) is 0 Å². The molecule has 144 valence electrons. The minimum atomic E-state index is -0.234. The highest BCUT2D eigenvalue weighted by molar-refractivity contribution is 6.00. The quantitative estimate of drug-likeness (QED) is 0.604. The highest BCUT2D eigenvalue weighted by atomic mass is 16.5. The zero-order chi connectivity index (χ0) is 19.0. The van der Waals surface area contributed by atoms with E-state index in [1.54, 1.807) is 10.9 Å². The summed E-state index contributed by atoms with van der Waals surface area (Å²) in [6.07, 6.45) is 8.13. The van der Waals surface area contributed by atoms with Crippen LogP contribution in [0.15, 0.2) is 21.6 Å². The Kier molecular flexibility index (Phi) is 4.76. The predicted molar refractivity (Wildman–Crippen MR) is 105 cm³/mol. The van der Waals surface area contributed by atoms with Crippen molar-refractivity contribution < 1.29 is 9.15 Å². The molecule has 0 radical (unpaired) electrons. The third kappa shape index (κ3) is 3.50. The van der Waals surface area contributed by atoms with Crippen molar-refractivity contribution in [2.75, 3.05) is 0 Å². The molecule has 0 spiro atoms. The van der Waals surface area contributed by atoms with E-state index < -0.39 is 0 Å². The molecule has 0 fully saturated rings. The Morgan fingerprint density at radius 1 is 1.22 bits per heavy atom. The molecule has 0 aliphatic carbocycles. The molecule has 0 atom stereocenters. The summed E-state index contributed by atoms with van der Waals surface area (Å²) in [5.74, 6) is 0. The molecule has 27 heavy (non-hydrogen) atoms. The predicted octanol–water partition coefficient (Wildman–Crippen LogP) is 4.36. The van der Waals surface area contributed by atoms with Crippen molar-refractivity contribution in [3.05, 3.63) is 34.0 Å². The maximum Gasteiger partial charge on any atom is 0.297 e. The fourth-order valence-corrected chi connectivity index (χ4v) is 3.72. The first-order valence-corrected chi connectivity index (χ1v) is 9.93. The van der Waals surface area contributed by atoms with E-state index in [4.69, 9.17) is 9.15 Å². The smallest absolute Gasteiger partial charge is 0.297 e. The normalized spacial score (nSPS) is 16.1. The first kappa shape index (κ1) is 18.2. The van der Waals surface area contributed by atoms with Gasteiger partial charge in [-0.1, -0.05) is 32.6 Å². The van der Waals surface area contributed by atoms with Gasteiger partial charge in [-0.2, -0.15) is 0 Å². The van der Waals surface area contributed by atoms with Gasteiger partial charge in [0, 0.05) is 18.5 Å². The lowest BCUT2D eigenvalue weighted by molar-refractivity contribution is -0.0411. The summed E-state index contributed by atoms with van der Waals surface area (Å²) >= 11 is 0.